The van der Waals surface area contributed by atoms with Gasteiger partial charge in [-0.05, 0) is 34.5 Å². The molecule has 0 amide bonds. The summed E-state index contributed by atoms with van der Waals surface area (Å²) in [7, 11) is 0. The van der Waals surface area contributed by atoms with E-state index in [0.717, 1.165) is 5.56 Å². The molecule has 4 heteroatoms. The van der Waals surface area contributed by atoms with E-state index in [-0.39, 0.29) is 4.47 Å². The van der Waals surface area contributed by atoms with E-state index in [2.05, 4.69) is 31.9 Å². The molecule has 0 atom stereocenters. The molecule has 0 unspecified atom stereocenters. The van der Waals surface area contributed by atoms with Gasteiger partial charge < -0.3 is 0 Å². The van der Waals surface area contributed by atoms with Crippen LogP contribution in [-0.2, 0) is 5.33 Å². The number of benzene rings is 1. The van der Waals surface area contributed by atoms with Gasteiger partial charge in [-0.15, -0.1) is 0 Å². The van der Waals surface area contributed by atoms with Crippen molar-refractivity contribution in [3.8, 4) is 0 Å². The highest BCUT2D eigenvalue weighted by molar-refractivity contribution is 9.10. The molecule has 0 spiro atoms. The van der Waals surface area contributed by atoms with Gasteiger partial charge in [-0.3, -0.25) is 0 Å². The monoisotopic (exact) mass is 298 g/mol. The van der Waals surface area contributed by atoms with Gasteiger partial charge in [0.1, 0.15) is 0 Å². The maximum atomic E-state index is 13.1. The molecular weight excluding hydrogens is 294 g/mol. The number of halogens is 4. The highest BCUT2D eigenvalue weighted by Crippen LogP contribution is 2.25. The first-order valence-corrected chi connectivity index (χ1v) is 5.18. The Balaban J connectivity index is 3.40. The average Bonchev–Trinajstić information content (AvgIpc) is 2.01. The summed E-state index contributed by atoms with van der Waals surface area (Å²) in [5.74, 6) is -1.60. The van der Waals surface area contributed by atoms with Crippen LogP contribution < -0.4 is 0 Å². The summed E-state index contributed by atoms with van der Waals surface area (Å²) in [4.78, 5) is 0. The smallest absolute Gasteiger partial charge is 0.173 e. The van der Waals surface area contributed by atoms with Gasteiger partial charge in [-0.2, -0.15) is 0 Å². The molecule has 0 radical (unpaired) electrons. The lowest BCUT2D eigenvalue weighted by Gasteiger charge is -2.05. The lowest BCUT2D eigenvalue weighted by Crippen LogP contribution is -1.96. The van der Waals surface area contributed by atoms with Crippen molar-refractivity contribution < 1.29 is 8.78 Å². The molecule has 0 saturated carbocycles. The van der Waals surface area contributed by atoms with Crippen molar-refractivity contribution >= 4 is 31.9 Å². The Morgan fingerprint density at radius 1 is 1.33 bits per heavy atom. The second kappa shape index (κ2) is 3.83. The van der Waals surface area contributed by atoms with Gasteiger partial charge in [0, 0.05) is 10.9 Å². The van der Waals surface area contributed by atoms with Crippen LogP contribution in [0.3, 0.4) is 0 Å². The molecular formula is C8H6Br2F2. The van der Waals surface area contributed by atoms with E-state index in [0.29, 0.717) is 10.9 Å². The molecule has 0 fully saturated rings. The second-order valence-corrected chi connectivity index (χ2v) is 3.83. The molecule has 0 bridgehead atoms. The largest absolute Gasteiger partial charge is 0.203 e. The van der Waals surface area contributed by atoms with E-state index >= 15 is 0 Å². The van der Waals surface area contributed by atoms with Crippen LogP contribution >= 0.6 is 31.9 Å². The van der Waals surface area contributed by atoms with Crippen LogP contribution in [0.25, 0.3) is 0 Å². The normalized spacial score (nSPS) is 10.4. The predicted molar refractivity (Wildman–Crippen MR) is 51.4 cm³/mol. The molecule has 66 valence electrons. The van der Waals surface area contributed by atoms with Gasteiger partial charge >= 0.3 is 0 Å². The van der Waals surface area contributed by atoms with Crippen molar-refractivity contribution in [2.24, 2.45) is 0 Å². The summed E-state index contributed by atoms with van der Waals surface area (Å²) in [6.07, 6.45) is 0. The van der Waals surface area contributed by atoms with E-state index in [1.807, 2.05) is 0 Å². The molecule has 0 nitrogen and oxygen atoms in total. The summed E-state index contributed by atoms with van der Waals surface area (Å²) < 4.78 is 26.2. The van der Waals surface area contributed by atoms with E-state index in [1.165, 1.54) is 0 Å². The molecule has 0 heterocycles. The third kappa shape index (κ3) is 1.69. The number of rotatable bonds is 1. The van der Waals surface area contributed by atoms with Crippen LogP contribution in [0.2, 0.25) is 0 Å². The minimum atomic E-state index is -0.824. The van der Waals surface area contributed by atoms with E-state index in [9.17, 15) is 8.78 Å². The Kier molecular flexibility index (Phi) is 3.23. The zero-order valence-corrected chi connectivity index (χ0v) is 9.47. The number of aryl methyl sites for hydroxylation is 1. The lowest BCUT2D eigenvalue weighted by molar-refractivity contribution is 0.497. The minimum Gasteiger partial charge on any atom is -0.203 e. The molecule has 0 N–H and O–H groups in total. The SMILES string of the molecule is Cc1cc(Br)c(F)c(F)c1CBr. The maximum Gasteiger partial charge on any atom is 0.173 e. The molecule has 0 aliphatic carbocycles. The van der Waals surface area contributed by atoms with Crippen molar-refractivity contribution in [2.75, 3.05) is 0 Å². The Morgan fingerprint density at radius 3 is 2.42 bits per heavy atom. The van der Waals surface area contributed by atoms with Crippen molar-refractivity contribution in [1.29, 1.82) is 0 Å². The summed E-state index contributed by atoms with van der Waals surface area (Å²) in [5.41, 5.74) is 1.10. The van der Waals surface area contributed by atoms with E-state index in [4.69, 9.17) is 0 Å². The Morgan fingerprint density at radius 2 is 1.92 bits per heavy atom. The summed E-state index contributed by atoms with van der Waals surface area (Å²) in [5, 5.41) is 0.328. The van der Waals surface area contributed by atoms with Crippen LogP contribution in [0.1, 0.15) is 11.1 Å². The molecule has 1 aromatic carbocycles. The highest BCUT2D eigenvalue weighted by Gasteiger charge is 2.13. The maximum absolute atomic E-state index is 13.1. The van der Waals surface area contributed by atoms with Gasteiger partial charge in [0.05, 0.1) is 4.47 Å². The first-order chi connectivity index (χ1) is 5.57. The number of alkyl halides is 1. The van der Waals surface area contributed by atoms with Crippen LogP contribution in [0, 0.1) is 18.6 Å². The highest BCUT2D eigenvalue weighted by atomic mass is 79.9. The average molecular weight is 300 g/mol. The minimum absolute atomic E-state index is 0.169. The summed E-state index contributed by atoms with van der Waals surface area (Å²) >= 11 is 6.03. The fourth-order valence-electron chi connectivity index (χ4n) is 0.915. The molecule has 1 rings (SSSR count). The van der Waals surface area contributed by atoms with Crippen LogP contribution in [-0.4, -0.2) is 0 Å². The summed E-state index contributed by atoms with van der Waals surface area (Å²) in [6, 6.07) is 1.56. The molecule has 0 aromatic heterocycles. The summed E-state index contributed by atoms with van der Waals surface area (Å²) in [6.45, 7) is 1.74. The third-order valence-electron chi connectivity index (χ3n) is 1.62. The van der Waals surface area contributed by atoms with Crippen LogP contribution in [0.5, 0.6) is 0 Å². The van der Waals surface area contributed by atoms with Gasteiger partial charge in [-0.1, -0.05) is 15.9 Å². The Bertz CT molecular complexity index is 310. The topological polar surface area (TPSA) is 0 Å². The zero-order chi connectivity index (χ0) is 9.30. The van der Waals surface area contributed by atoms with Gasteiger partial charge in [-0.25, -0.2) is 8.78 Å². The Labute approximate surface area is 86.2 Å². The van der Waals surface area contributed by atoms with Crippen molar-refractivity contribution in [1.82, 2.24) is 0 Å². The van der Waals surface area contributed by atoms with Crippen molar-refractivity contribution in [3.63, 3.8) is 0 Å². The predicted octanol–water partition coefficient (Wildman–Crippen LogP) is 3.93. The molecule has 0 aliphatic heterocycles. The van der Waals surface area contributed by atoms with Gasteiger partial charge in [0.2, 0.25) is 0 Å². The molecule has 12 heavy (non-hydrogen) atoms. The van der Waals surface area contributed by atoms with Crippen LogP contribution in [0.15, 0.2) is 10.5 Å². The number of hydrogen-bond acceptors (Lipinski definition) is 0. The first kappa shape index (κ1) is 10.1. The second-order valence-electron chi connectivity index (χ2n) is 2.42. The van der Waals surface area contributed by atoms with Gasteiger partial charge in [0.25, 0.3) is 0 Å². The quantitative estimate of drug-likeness (QED) is 0.544. The Hall–Kier alpha value is 0.0400. The standard InChI is InChI=1S/C8H6Br2F2/c1-4-2-6(10)8(12)7(11)5(4)3-9/h2H,3H2,1H3. The van der Waals surface area contributed by atoms with Gasteiger partial charge in [0.15, 0.2) is 11.6 Å². The third-order valence-corrected chi connectivity index (χ3v) is 2.76. The first-order valence-electron chi connectivity index (χ1n) is 3.27. The van der Waals surface area contributed by atoms with Crippen molar-refractivity contribution in [3.05, 3.63) is 33.3 Å². The fraction of sp³-hybridized carbons (Fsp3) is 0.250. The molecule has 0 saturated heterocycles. The van der Waals surface area contributed by atoms with E-state index < -0.39 is 11.6 Å². The van der Waals surface area contributed by atoms with Crippen molar-refractivity contribution in [2.45, 2.75) is 12.3 Å². The lowest BCUT2D eigenvalue weighted by atomic mass is 10.1. The van der Waals surface area contributed by atoms with E-state index in [1.54, 1.807) is 13.0 Å². The fourth-order valence-corrected chi connectivity index (χ4v) is 2.12. The van der Waals surface area contributed by atoms with Crippen LogP contribution in [0.4, 0.5) is 8.78 Å². The zero-order valence-electron chi connectivity index (χ0n) is 6.30. The number of hydrogen-bond donors (Lipinski definition) is 0. The molecule has 0 aliphatic rings. The molecule has 1 aromatic rings.